The predicted molar refractivity (Wildman–Crippen MR) is 70.1 cm³/mol. The first kappa shape index (κ1) is 11.4. The van der Waals surface area contributed by atoms with Gasteiger partial charge in [-0.15, -0.1) is 10.2 Å². The minimum absolute atomic E-state index is 0.283. The van der Waals surface area contributed by atoms with Crippen LogP contribution in [-0.2, 0) is 0 Å². The maximum Gasteiger partial charge on any atom is 0.335 e. The van der Waals surface area contributed by atoms with Gasteiger partial charge in [0.25, 0.3) is 0 Å². The van der Waals surface area contributed by atoms with Crippen molar-refractivity contribution >= 4 is 11.6 Å². The van der Waals surface area contributed by atoms with Gasteiger partial charge in [0.2, 0.25) is 0 Å². The third kappa shape index (κ3) is 1.95. The van der Waals surface area contributed by atoms with Crippen molar-refractivity contribution in [3.05, 3.63) is 54.0 Å². The SMILES string of the molecule is Cc1cc(-c2ccc(C(=O)O)cc2)cn2cnnc12. The molecule has 0 bridgehead atoms. The number of carboxylic acid groups (broad SMARTS) is 1. The minimum Gasteiger partial charge on any atom is -0.478 e. The third-order valence-electron chi connectivity index (χ3n) is 3.04. The molecule has 5 heteroatoms. The van der Waals surface area contributed by atoms with Gasteiger partial charge in [-0.2, -0.15) is 0 Å². The maximum absolute atomic E-state index is 10.8. The second-order valence-corrected chi connectivity index (χ2v) is 4.36. The Hall–Kier alpha value is -2.69. The number of fused-ring (bicyclic) bond motifs is 1. The average molecular weight is 253 g/mol. The lowest BCUT2D eigenvalue weighted by molar-refractivity contribution is 0.0697. The van der Waals surface area contributed by atoms with Gasteiger partial charge in [-0.05, 0) is 41.8 Å². The zero-order chi connectivity index (χ0) is 13.4. The number of hydrogen-bond donors (Lipinski definition) is 1. The van der Waals surface area contributed by atoms with Crippen LogP contribution in [0.2, 0.25) is 0 Å². The number of aryl methyl sites for hydroxylation is 1. The Morgan fingerprint density at radius 1 is 1.21 bits per heavy atom. The van der Waals surface area contributed by atoms with Crippen molar-refractivity contribution in [3.8, 4) is 11.1 Å². The van der Waals surface area contributed by atoms with E-state index in [0.717, 1.165) is 22.3 Å². The van der Waals surface area contributed by atoms with Gasteiger partial charge in [-0.25, -0.2) is 4.79 Å². The highest BCUT2D eigenvalue weighted by molar-refractivity contribution is 5.88. The summed E-state index contributed by atoms with van der Waals surface area (Å²) < 4.78 is 1.86. The van der Waals surface area contributed by atoms with Gasteiger partial charge in [0.15, 0.2) is 5.65 Å². The summed E-state index contributed by atoms with van der Waals surface area (Å²) in [6.07, 6.45) is 3.58. The predicted octanol–water partition coefficient (Wildman–Crippen LogP) is 2.40. The number of pyridine rings is 1. The summed E-state index contributed by atoms with van der Waals surface area (Å²) in [5.74, 6) is -0.919. The van der Waals surface area contributed by atoms with E-state index in [1.54, 1.807) is 30.6 Å². The standard InChI is InChI=1S/C14H11N3O2/c1-9-6-12(7-17-8-15-16-13(9)17)10-2-4-11(5-3-10)14(18)19/h2-8H,1H3,(H,18,19). The Bertz CT molecular complexity index is 760. The second-order valence-electron chi connectivity index (χ2n) is 4.36. The van der Waals surface area contributed by atoms with Gasteiger partial charge >= 0.3 is 5.97 Å². The van der Waals surface area contributed by atoms with Crippen molar-refractivity contribution in [2.24, 2.45) is 0 Å². The molecule has 0 aliphatic rings. The molecule has 0 radical (unpaired) electrons. The van der Waals surface area contributed by atoms with Gasteiger partial charge in [0.1, 0.15) is 6.33 Å². The molecule has 0 aliphatic carbocycles. The monoisotopic (exact) mass is 253 g/mol. The van der Waals surface area contributed by atoms with Crippen LogP contribution in [0.25, 0.3) is 16.8 Å². The molecule has 1 aromatic carbocycles. The first-order valence-electron chi connectivity index (χ1n) is 5.79. The molecule has 3 rings (SSSR count). The van der Waals surface area contributed by atoms with Crippen LogP contribution in [0.1, 0.15) is 15.9 Å². The van der Waals surface area contributed by atoms with Crippen LogP contribution in [-0.4, -0.2) is 25.7 Å². The van der Waals surface area contributed by atoms with E-state index in [2.05, 4.69) is 10.2 Å². The van der Waals surface area contributed by atoms with Crippen molar-refractivity contribution in [2.45, 2.75) is 6.92 Å². The van der Waals surface area contributed by atoms with E-state index in [4.69, 9.17) is 5.11 Å². The summed E-state index contributed by atoms with van der Waals surface area (Å²) in [7, 11) is 0. The summed E-state index contributed by atoms with van der Waals surface area (Å²) in [4.78, 5) is 10.8. The molecule has 3 aromatic rings. The number of rotatable bonds is 2. The molecule has 0 saturated carbocycles. The van der Waals surface area contributed by atoms with Crippen LogP contribution in [0, 0.1) is 6.92 Å². The van der Waals surface area contributed by atoms with E-state index in [1.807, 2.05) is 23.6 Å². The molecule has 0 saturated heterocycles. The Balaban J connectivity index is 2.10. The molecule has 0 aliphatic heterocycles. The lowest BCUT2D eigenvalue weighted by atomic mass is 10.0. The summed E-state index contributed by atoms with van der Waals surface area (Å²) in [6.45, 7) is 1.97. The van der Waals surface area contributed by atoms with E-state index >= 15 is 0 Å². The van der Waals surface area contributed by atoms with Gasteiger partial charge in [-0.1, -0.05) is 12.1 Å². The molecule has 0 fully saturated rings. The largest absolute Gasteiger partial charge is 0.478 e. The average Bonchev–Trinajstić information content (AvgIpc) is 2.87. The molecule has 19 heavy (non-hydrogen) atoms. The van der Waals surface area contributed by atoms with Crippen molar-refractivity contribution in [3.63, 3.8) is 0 Å². The number of aromatic nitrogens is 3. The van der Waals surface area contributed by atoms with Crippen LogP contribution in [0.3, 0.4) is 0 Å². The van der Waals surface area contributed by atoms with Crippen LogP contribution in [0.5, 0.6) is 0 Å². The summed E-state index contributed by atoms with van der Waals surface area (Å²) in [5, 5.41) is 16.8. The van der Waals surface area contributed by atoms with Crippen molar-refractivity contribution in [2.75, 3.05) is 0 Å². The molecule has 5 nitrogen and oxygen atoms in total. The molecule has 0 amide bonds. The molecule has 2 aromatic heterocycles. The molecule has 1 N–H and O–H groups in total. The highest BCUT2D eigenvalue weighted by atomic mass is 16.4. The fraction of sp³-hybridized carbons (Fsp3) is 0.0714. The number of aromatic carboxylic acids is 1. The maximum atomic E-state index is 10.8. The normalized spacial score (nSPS) is 10.8. The fourth-order valence-electron chi connectivity index (χ4n) is 2.07. The van der Waals surface area contributed by atoms with E-state index in [1.165, 1.54) is 0 Å². The van der Waals surface area contributed by atoms with Crippen LogP contribution in [0.15, 0.2) is 42.9 Å². The number of hydrogen-bond acceptors (Lipinski definition) is 3. The third-order valence-corrected chi connectivity index (χ3v) is 3.04. The topological polar surface area (TPSA) is 67.5 Å². The van der Waals surface area contributed by atoms with Crippen LogP contribution < -0.4 is 0 Å². The van der Waals surface area contributed by atoms with Crippen LogP contribution in [0.4, 0.5) is 0 Å². The first-order chi connectivity index (χ1) is 9.15. The summed E-state index contributed by atoms with van der Waals surface area (Å²) in [5.41, 5.74) is 4.10. The first-order valence-corrected chi connectivity index (χ1v) is 5.79. The van der Waals surface area contributed by atoms with E-state index in [9.17, 15) is 4.79 Å². The van der Waals surface area contributed by atoms with Gasteiger partial charge in [0, 0.05) is 6.20 Å². The highest BCUT2D eigenvalue weighted by Gasteiger charge is 2.06. The van der Waals surface area contributed by atoms with E-state index < -0.39 is 5.97 Å². The number of carboxylic acids is 1. The molecular formula is C14H11N3O2. The van der Waals surface area contributed by atoms with Gasteiger partial charge in [0.05, 0.1) is 5.56 Å². The molecule has 94 valence electrons. The Morgan fingerprint density at radius 2 is 1.95 bits per heavy atom. The molecule has 2 heterocycles. The fourth-order valence-corrected chi connectivity index (χ4v) is 2.07. The summed E-state index contributed by atoms with van der Waals surface area (Å²) >= 11 is 0. The minimum atomic E-state index is -0.919. The second kappa shape index (κ2) is 4.20. The molecular weight excluding hydrogens is 242 g/mol. The molecule has 0 spiro atoms. The van der Waals surface area contributed by atoms with Crippen molar-refractivity contribution in [1.29, 1.82) is 0 Å². The van der Waals surface area contributed by atoms with Crippen LogP contribution >= 0.6 is 0 Å². The molecule has 0 atom stereocenters. The van der Waals surface area contributed by atoms with Gasteiger partial charge in [-0.3, -0.25) is 4.40 Å². The Morgan fingerprint density at radius 3 is 2.63 bits per heavy atom. The van der Waals surface area contributed by atoms with E-state index in [0.29, 0.717) is 0 Å². The zero-order valence-electron chi connectivity index (χ0n) is 10.2. The summed E-state index contributed by atoms with van der Waals surface area (Å²) in [6, 6.07) is 8.81. The zero-order valence-corrected chi connectivity index (χ0v) is 10.2. The number of benzene rings is 1. The Kier molecular flexibility index (Phi) is 2.52. The van der Waals surface area contributed by atoms with E-state index in [-0.39, 0.29) is 5.56 Å². The lowest BCUT2D eigenvalue weighted by Gasteiger charge is -2.05. The number of carbonyl (C=O) groups is 1. The Labute approximate surface area is 109 Å². The number of nitrogens with zero attached hydrogens (tertiary/aromatic N) is 3. The lowest BCUT2D eigenvalue weighted by Crippen LogP contribution is -1.95. The quantitative estimate of drug-likeness (QED) is 0.761. The van der Waals surface area contributed by atoms with Crippen molar-refractivity contribution in [1.82, 2.24) is 14.6 Å². The molecule has 0 unspecified atom stereocenters. The highest BCUT2D eigenvalue weighted by Crippen LogP contribution is 2.22. The van der Waals surface area contributed by atoms with Gasteiger partial charge < -0.3 is 5.11 Å². The smallest absolute Gasteiger partial charge is 0.335 e. The van der Waals surface area contributed by atoms with Crippen molar-refractivity contribution < 1.29 is 9.90 Å².